The van der Waals surface area contributed by atoms with E-state index in [2.05, 4.69) is 4.90 Å². The predicted octanol–water partition coefficient (Wildman–Crippen LogP) is 1.61. The summed E-state index contributed by atoms with van der Waals surface area (Å²) >= 11 is 0. The number of alkyl halides is 2. The second-order valence-electron chi connectivity index (χ2n) is 5.28. The van der Waals surface area contributed by atoms with Gasteiger partial charge in [0.25, 0.3) is 6.43 Å². The maximum Gasteiger partial charge on any atom is 0.251 e. The summed E-state index contributed by atoms with van der Waals surface area (Å²) in [5, 5.41) is 10.3. The van der Waals surface area contributed by atoms with Gasteiger partial charge < -0.3 is 9.84 Å². The van der Waals surface area contributed by atoms with Crippen LogP contribution in [0.4, 0.5) is 8.78 Å². The van der Waals surface area contributed by atoms with Crippen LogP contribution in [0.1, 0.15) is 11.7 Å². The Morgan fingerprint density at radius 3 is 2.33 bits per heavy atom. The van der Waals surface area contributed by atoms with Crippen LogP contribution in [-0.2, 0) is 0 Å². The maximum absolute atomic E-state index is 12.3. The molecule has 1 N–H and O–H groups in total. The molecule has 0 aliphatic carbocycles. The molecule has 0 saturated carbocycles. The largest absolute Gasteiger partial charge is 0.497 e. The molecule has 0 amide bonds. The van der Waals surface area contributed by atoms with Crippen molar-refractivity contribution in [3.63, 3.8) is 0 Å². The molecule has 1 aromatic carbocycles. The van der Waals surface area contributed by atoms with Gasteiger partial charge in [0.2, 0.25) is 0 Å². The Morgan fingerprint density at radius 2 is 1.76 bits per heavy atom. The summed E-state index contributed by atoms with van der Waals surface area (Å²) < 4.78 is 29.8. The molecule has 4 nitrogen and oxygen atoms in total. The first-order chi connectivity index (χ1) is 10.1. The first-order valence-electron chi connectivity index (χ1n) is 7.13. The predicted molar refractivity (Wildman–Crippen MR) is 76.8 cm³/mol. The van der Waals surface area contributed by atoms with Crippen LogP contribution < -0.4 is 4.74 Å². The molecule has 21 heavy (non-hydrogen) atoms. The highest BCUT2D eigenvalue weighted by molar-refractivity contribution is 5.29. The van der Waals surface area contributed by atoms with Crippen LogP contribution in [0.2, 0.25) is 0 Å². The Morgan fingerprint density at radius 1 is 1.14 bits per heavy atom. The highest BCUT2D eigenvalue weighted by Crippen LogP contribution is 2.20. The minimum Gasteiger partial charge on any atom is -0.497 e. The smallest absolute Gasteiger partial charge is 0.251 e. The van der Waals surface area contributed by atoms with E-state index in [-0.39, 0.29) is 6.54 Å². The van der Waals surface area contributed by atoms with E-state index in [1.54, 1.807) is 12.0 Å². The van der Waals surface area contributed by atoms with E-state index in [9.17, 15) is 13.9 Å². The van der Waals surface area contributed by atoms with Gasteiger partial charge in [-0.05, 0) is 17.7 Å². The summed E-state index contributed by atoms with van der Waals surface area (Å²) in [5.74, 6) is 0.716. The second kappa shape index (κ2) is 7.68. The fraction of sp³-hybridized carbons (Fsp3) is 0.600. The number of piperazine rings is 1. The Bertz CT molecular complexity index is 437. The number of hydrogen-bond acceptors (Lipinski definition) is 4. The zero-order chi connectivity index (χ0) is 15.2. The maximum atomic E-state index is 12.3. The van der Waals surface area contributed by atoms with Crippen LogP contribution in [0.3, 0.4) is 0 Å². The molecule has 118 valence electrons. The number of methoxy groups -OCH3 is 1. The Balaban J connectivity index is 1.82. The summed E-state index contributed by atoms with van der Waals surface area (Å²) in [6, 6.07) is 7.36. The molecule has 0 aromatic heterocycles. The number of aliphatic hydroxyl groups excluding tert-OH is 1. The average Bonchev–Trinajstić information content (AvgIpc) is 2.49. The van der Waals surface area contributed by atoms with Crippen molar-refractivity contribution in [1.29, 1.82) is 0 Å². The molecule has 1 fully saturated rings. The van der Waals surface area contributed by atoms with Crippen molar-refractivity contribution in [2.75, 3.05) is 46.4 Å². The molecule has 1 unspecified atom stereocenters. The van der Waals surface area contributed by atoms with Crippen LogP contribution in [0.5, 0.6) is 5.75 Å². The zero-order valence-corrected chi connectivity index (χ0v) is 12.2. The molecule has 1 aromatic rings. The molecule has 0 bridgehead atoms. The third-order valence-corrected chi connectivity index (χ3v) is 3.77. The lowest BCUT2D eigenvalue weighted by atomic mass is 10.1. The van der Waals surface area contributed by atoms with Gasteiger partial charge in [-0.25, -0.2) is 8.78 Å². The highest BCUT2D eigenvalue weighted by atomic mass is 19.3. The van der Waals surface area contributed by atoms with E-state index in [4.69, 9.17) is 4.74 Å². The van der Waals surface area contributed by atoms with Crippen molar-refractivity contribution >= 4 is 0 Å². The lowest BCUT2D eigenvalue weighted by Crippen LogP contribution is -2.48. The first-order valence-corrected chi connectivity index (χ1v) is 7.13. The third-order valence-electron chi connectivity index (χ3n) is 3.77. The third kappa shape index (κ3) is 4.91. The Labute approximate surface area is 123 Å². The van der Waals surface area contributed by atoms with E-state index < -0.39 is 12.5 Å². The van der Waals surface area contributed by atoms with E-state index in [0.717, 1.165) is 5.56 Å². The van der Waals surface area contributed by atoms with Gasteiger partial charge in [0.05, 0.1) is 19.8 Å². The lowest BCUT2D eigenvalue weighted by molar-refractivity contribution is 0.0384. The molecule has 1 heterocycles. The minimum atomic E-state index is -2.28. The summed E-state index contributed by atoms with van der Waals surface area (Å²) in [6.07, 6.45) is -2.87. The van der Waals surface area contributed by atoms with Gasteiger partial charge in [0.1, 0.15) is 5.75 Å². The SMILES string of the molecule is COc1cccc(C(O)CN2CCN(CC(F)F)CC2)c1. The van der Waals surface area contributed by atoms with Crippen LogP contribution in [0, 0.1) is 0 Å². The van der Waals surface area contributed by atoms with Gasteiger partial charge in [-0.1, -0.05) is 12.1 Å². The molecule has 1 aliphatic rings. The topological polar surface area (TPSA) is 35.9 Å². The number of ether oxygens (including phenoxy) is 1. The van der Waals surface area contributed by atoms with Crippen molar-refractivity contribution in [2.24, 2.45) is 0 Å². The van der Waals surface area contributed by atoms with E-state index in [1.807, 2.05) is 24.3 Å². The lowest BCUT2D eigenvalue weighted by Gasteiger charge is -2.35. The number of nitrogens with zero attached hydrogens (tertiary/aromatic N) is 2. The summed E-state index contributed by atoms with van der Waals surface area (Å²) in [5.41, 5.74) is 0.810. The van der Waals surface area contributed by atoms with Crippen LogP contribution in [-0.4, -0.2) is 67.7 Å². The zero-order valence-electron chi connectivity index (χ0n) is 12.2. The quantitative estimate of drug-likeness (QED) is 0.866. The number of halogens is 2. The molecule has 0 spiro atoms. The molecule has 6 heteroatoms. The van der Waals surface area contributed by atoms with Crippen molar-refractivity contribution in [3.8, 4) is 5.75 Å². The Hall–Kier alpha value is -1.24. The van der Waals surface area contributed by atoms with Crippen molar-refractivity contribution in [1.82, 2.24) is 9.80 Å². The standard InChI is InChI=1S/C15H22F2N2O2/c1-21-13-4-2-3-12(9-13)14(20)10-18-5-7-19(8-6-18)11-15(16)17/h2-4,9,14-15,20H,5-8,10-11H2,1H3. The second-order valence-corrected chi connectivity index (χ2v) is 5.28. The minimum absolute atomic E-state index is 0.160. The highest BCUT2D eigenvalue weighted by Gasteiger charge is 2.21. The van der Waals surface area contributed by atoms with Gasteiger partial charge in [0.15, 0.2) is 0 Å². The van der Waals surface area contributed by atoms with E-state index >= 15 is 0 Å². The number of benzene rings is 1. The Kier molecular flexibility index (Phi) is 5.90. The summed E-state index contributed by atoms with van der Waals surface area (Å²) in [4.78, 5) is 3.87. The molecule has 2 rings (SSSR count). The molecule has 0 radical (unpaired) electrons. The summed E-state index contributed by atoms with van der Waals surface area (Å²) in [7, 11) is 1.59. The monoisotopic (exact) mass is 300 g/mol. The van der Waals surface area contributed by atoms with Crippen LogP contribution in [0.15, 0.2) is 24.3 Å². The summed E-state index contributed by atoms with van der Waals surface area (Å²) in [6.45, 7) is 2.99. The van der Waals surface area contributed by atoms with Gasteiger partial charge in [0, 0.05) is 32.7 Å². The fourth-order valence-corrected chi connectivity index (χ4v) is 2.55. The van der Waals surface area contributed by atoms with Crippen molar-refractivity contribution in [2.45, 2.75) is 12.5 Å². The molecule has 1 aliphatic heterocycles. The number of aliphatic hydroxyl groups is 1. The number of β-amino-alcohol motifs (C(OH)–C–C–N with tert-alkyl or cyclic N) is 1. The average molecular weight is 300 g/mol. The van der Waals surface area contributed by atoms with Gasteiger partial charge in [-0.2, -0.15) is 0 Å². The molecular formula is C15H22F2N2O2. The van der Waals surface area contributed by atoms with Gasteiger partial charge in [-0.3, -0.25) is 9.80 Å². The van der Waals surface area contributed by atoms with E-state index in [1.165, 1.54) is 0 Å². The van der Waals surface area contributed by atoms with E-state index in [0.29, 0.717) is 38.5 Å². The number of rotatable bonds is 6. The van der Waals surface area contributed by atoms with Gasteiger partial charge >= 0.3 is 0 Å². The van der Waals surface area contributed by atoms with Gasteiger partial charge in [-0.15, -0.1) is 0 Å². The molecule has 1 saturated heterocycles. The molecular weight excluding hydrogens is 278 g/mol. The fourth-order valence-electron chi connectivity index (χ4n) is 2.55. The normalized spacial score (nSPS) is 18.9. The van der Waals surface area contributed by atoms with Crippen molar-refractivity contribution < 1.29 is 18.6 Å². The number of hydrogen-bond donors (Lipinski definition) is 1. The van der Waals surface area contributed by atoms with Crippen LogP contribution >= 0.6 is 0 Å². The molecule has 1 atom stereocenters. The van der Waals surface area contributed by atoms with Crippen molar-refractivity contribution in [3.05, 3.63) is 29.8 Å². The van der Waals surface area contributed by atoms with Crippen LogP contribution in [0.25, 0.3) is 0 Å². The first kappa shape index (κ1) is 16.1.